The number of benzene rings is 1. The minimum Gasteiger partial charge on any atom is -0.377 e. The molecule has 12 heavy (non-hydrogen) atoms. The molecular weight excluding hydrogens is 153 g/mol. The number of nitrogens with zero attached hydrogens (tertiary/aromatic N) is 1. The molecule has 1 nitrogen and oxygen atoms in total. The van der Waals surface area contributed by atoms with Crippen LogP contribution in [0.1, 0.15) is 12.5 Å². The third-order valence-electron chi connectivity index (χ3n) is 1.91. The molecule has 0 aliphatic heterocycles. The van der Waals surface area contributed by atoms with E-state index in [0.29, 0.717) is 0 Å². The van der Waals surface area contributed by atoms with Crippen molar-refractivity contribution < 1.29 is 4.39 Å². The summed E-state index contributed by atoms with van der Waals surface area (Å²) >= 11 is 0. The second kappa shape index (κ2) is 3.57. The molecule has 2 heteroatoms. The summed E-state index contributed by atoms with van der Waals surface area (Å²) in [6, 6.07) is 4.91. The summed E-state index contributed by atoms with van der Waals surface area (Å²) in [6.07, 6.45) is 0.938. The Bertz CT molecular complexity index is 269. The van der Waals surface area contributed by atoms with Crippen LogP contribution in [0, 0.1) is 5.82 Å². The highest BCUT2D eigenvalue weighted by molar-refractivity contribution is 5.52. The van der Waals surface area contributed by atoms with Crippen LogP contribution in [0.4, 0.5) is 10.1 Å². The van der Waals surface area contributed by atoms with Gasteiger partial charge in [-0.3, -0.25) is 0 Å². The van der Waals surface area contributed by atoms with Crippen molar-refractivity contribution in [3.05, 3.63) is 29.6 Å². The fourth-order valence-corrected chi connectivity index (χ4v) is 1.25. The van der Waals surface area contributed by atoms with E-state index in [1.54, 1.807) is 6.07 Å². The van der Waals surface area contributed by atoms with Gasteiger partial charge in [0.05, 0.1) is 0 Å². The van der Waals surface area contributed by atoms with E-state index < -0.39 is 0 Å². The summed E-state index contributed by atoms with van der Waals surface area (Å²) in [5, 5.41) is 0. The molecule has 0 N–H and O–H groups in total. The van der Waals surface area contributed by atoms with Crippen molar-refractivity contribution in [2.45, 2.75) is 13.3 Å². The lowest BCUT2D eigenvalue weighted by Crippen LogP contribution is -2.11. The van der Waals surface area contributed by atoms with Gasteiger partial charge in [-0.15, -0.1) is 0 Å². The monoisotopic (exact) mass is 167 g/mol. The molecule has 0 bridgehead atoms. The number of hydrogen-bond donors (Lipinski definition) is 0. The molecule has 0 unspecified atom stereocenters. The molecule has 66 valence electrons. The minimum absolute atomic E-state index is 0.170. The molecule has 1 aromatic carbocycles. The smallest absolute Gasteiger partial charge is 0.125 e. The van der Waals surface area contributed by atoms with E-state index in [1.807, 2.05) is 25.1 Å². The van der Waals surface area contributed by atoms with Crippen molar-refractivity contribution in [1.29, 1.82) is 0 Å². The molecular formula is C10H14FN. The van der Waals surface area contributed by atoms with Gasteiger partial charge in [0.15, 0.2) is 0 Å². The van der Waals surface area contributed by atoms with Crippen LogP contribution >= 0.6 is 0 Å². The highest BCUT2D eigenvalue weighted by Gasteiger charge is 2.03. The molecule has 0 aliphatic rings. The fraction of sp³-hybridized carbons (Fsp3) is 0.400. The Balaban J connectivity index is 3.12. The van der Waals surface area contributed by atoms with Crippen LogP contribution in [0.3, 0.4) is 0 Å². The average molecular weight is 167 g/mol. The minimum atomic E-state index is -0.170. The van der Waals surface area contributed by atoms with Gasteiger partial charge in [-0.1, -0.05) is 13.0 Å². The van der Waals surface area contributed by atoms with E-state index in [9.17, 15) is 4.39 Å². The van der Waals surface area contributed by atoms with E-state index in [4.69, 9.17) is 0 Å². The lowest BCUT2D eigenvalue weighted by Gasteiger charge is -2.16. The van der Waals surface area contributed by atoms with Crippen molar-refractivity contribution in [3.63, 3.8) is 0 Å². The van der Waals surface area contributed by atoms with Crippen LogP contribution in [0.25, 0.3) is 0 Å². The van der Waals surface area contributed by atoms with Crippen molar-refractivity contribution in [2.24, 2.45) is 0 Å². The summed E-state index contributed by atoms with van der Waals surface area (Å²) in [7, 11) is 3.85. The van der Waals surface area contributed by atoms with Crippen LogP contribution < -0.4 is 4.90 Å². The van der Waals surface area contributed by atoms with Gasteiger partial charge < -0.3 is 4.90 Å². The van der Waals surface area contributed by atoms with Gasteiger partial charge in [0, 0.05) is 19.8 Å². The van der Waals surface area contributed by atoms with Crippen LogP contribution in [0.15, 0.2) is 18.2 Å². The predicted octanol–water partition coefficient (Wildman–Crippen LogP) is 2.45. The lowest BCUT2D eigenvalue weighted by molar-refractivity contribution is 0.627. The van der Waals surface area contributed by atoms with E-state index in [-0.39, 0.29) is 5.82 Å². The molecule has 0 saturated carbocycles. The molecule has 0 heterocycles. The Kier molecular flexibility index (Phi) is 2.69. The Labute approximate surface area is 72.8 Å². The quantitative estimate of drug-likeness (QED) is 0.654. The van der Waals surface area contributed by atoms with E-state index in [2.05, 4.69) is 6.92 Å². The number of halogens is 1. The molecule has 0 saturated heterocycles. The number of hydrogen-bond acceptors (Lipinski definition) is 1. The van der Waals surface area contributed by atoms with Gasteiger partial charge in [-0.2, -0.15) is 0 Å². The molecule has 0 spiro atoms. The van der Waals surface area contributed by atoms with Crippen LogP contribution in [0.5, 0.6) is 0 Å². The molecule has 0 aromatic heterocycles. The van der Waals surface area contributed by atoms with Gasteiger partial charge in [0.25, 0.3) is 0 Å². The first-order valence-electron chi connectivity index (χ1n) is 4.11. The molecule has 0 amide bonds. The first-order valence-corrected chi connectivity index (χ1v) is 4.11. The van der Waals surface area contributed by atoms with Crippen LogP contribution in [0.2, 0.25) is 0 Å². The summed E-state index contributed by atoms with van der Waals surface area (Å²) in [6.45, 7) is 2.07. The number of aryl methyl sites for hydroxylation is 1. The predicted molar refractivity (Wildman–Crippen MR) is 50.1 cm³/mol. The Morgan fingerprint density at radius 3 is 2.50 bits per heavy atom. The summed E-state index contributed by atoms with van der Waals surface area (Å²) in [5.74, 6) is -0.170. The maximum Gasteiger partial charge on any atom is 0.125 e. The third-order valence-corrected chi connectivity index (χ3v) is 1.91. The number of anilines is 1. The zero-order valence-electron chi connectivity index (χ0n) is 7.76. The SMILES string of the molecule is CCc1ccc(F)cc1N(C)C. The molecule has 0 radical (unpaired) electrons. The lowest BCUT2D eigenvalue weighted by atomic mass is 10.1. The molecule has 0 fully saturated rings. The van der Waals surface area contributed by atoms with Crippen LogP contribution in [-0.4, -0.2) is 14.1 Å². The van der Waals surface area contributed by atoms with Crippen molar-refractivity contribution in [3.8, 4) is 0 Å². The highest BCUT2D eigenvalue weighted by atomic mass is 19.1. The molecule has 1 rings (SSSR count). The highest BCUT2D eigenvalue weighted by Crippen LogP contribution is 2.19. The van der Waals surface area contributed by atoms with Gasteiger partial charge in [-0.25, -0.2) is 4.39 Å². The van der Waals surface area contributed by atoms with Gasteiger partial charge >= 0.3 is 0 Å². The molecule has 0 aliphatic carbocycles. The normalized spacial score (nSPS) is 10.0. The molecule has 1 aromatic rings. The summed E-state index contributed by atoms with van der Waals surface area (Å²) < 4.78 is 12.8. The Hall–Kier alpha value is -1.05. The van der Waals surface area contributed by atoms with Crippen LogP contribution in [-0.2, 0) is 6.42 Å². The largest absolute Gasteiger partial charge is 0.377 e. The second-order valence-corrected chi connectivity index (χ2v) is 3.02. The van der Waals surface area contributed by atoms with E-state index in [0.717, 1.165) is 12.1 Å². The maximum absolute atomic E-state index is 12.8. The summed E-state index contributed by atoms with van der Waals surface area (Å²) in [5.41, 5.74) is 2.15. The average Bonchev–Trinajstić information content (AvgIpc) is 2.04. The van der Waals surface area contributed by atoms with Crippen molar-refractivity contribution in [2.75, 3.05) is 19.0 Å². The third kappa shape index (κ3) is 1.76. The zero-order chi connectivity index (χ0) is 9.14. The Morgan fingerprint density at radius 2 is 2.00 bits per heavy atom. The van der Waals surface area contributed by atoms with Crippen molar-refractivity contribution >= 4 is 5.69 Å². The first kappa shape index (κ1) is 9.04. The summed E-state index contributed by atoms with van der Waals surface area (Å²) in [4.78, 5) is 1.93. The standard InChI is InChI=1S/C10H14FN/c1-4-8-5-6-9(11)7-10(8)12(2)3/h5-7H,4H2,1-3H3. The first-order chi connectivity index (χ1) is 5.65. The fourth-order valence-electron chi connectivity index (χ4n) is 1.25. The molecule has 0 atom stereocenters. The second-order valence-electron chi connectivity index (χ2n) is 3.02. The topological polar surface area (TPSA) is 3.24 Å². The van der Waals surface area contributed by atoms with Crippen molar-refractivity contribution in [1.82, 2.24) is 0 Å². The van der Waals surface area contributed by atoms with Gasteiger partial charge in [0.2, 0.25) is 0 Å². The van der Waals surface area contributed by atoms with Gasteiger partial charge in [0.1, 0.15) is 5.82 Å². The van der Waals surface area contributed by atoms with E-state index in [1.165, 1.54) is 11.6 Å². The maximum atomic E-state index is 12.8. The van der Waals surface area contributed by atoms with Gasteiger partial charge in [-0.05, 0) is 24.1 Å². The number of rotatable bonds is 2. The zero-order valence-corrected chi connectivity index (χ0v) is 7.76. The Morgan fingerprint density at radius 1 is 1.33 bits per heavy atom. The van der Waals surface area contributed by atoms with E-state index >= 15 is 0 Å².